The maximum Gasteiger partial charge on any atom is 0 e. The van der Waals surface area contributed by atoms with E-state index in [4.69, 9.17) is 0 Å². The van der Waals surface area contributed by atoms with Gasteiger partial charge in [-0.25, -0.2) is 0 Å². The van der Waals surface area contributed by atoms with Gasteiger partial charge in [0.1, 0.15) is 0 Å². The summed E-state index contributed by atoms with van der Waals surface area (Å²) >= 11 is 0. The molecule has 0 atom stereocenters. The van der Waals surface area contributed by atoms with Crippen LogP contribution in [0.15, 0.2) is 25.3 Å². The van der Waals surface area contributed by atoms with E-state index in [0.29, 0.717) is 0 Å². The average molecular weight is 189 g/mol. The van der Waals surface area contributed by atoms with Crippen LogP contribution in [0.25, 0.3) is 0 Å². The topological polar surface area (TPSA) is 0 Å². The van der Waals surface area contributed by atoms with Crippen molar-refractivity contribution >= 4 is 0 Å². The predicted molar refractivity (Wildman–Crippen MR) is 31.1 cm³/mol. The number of rotatable bonds is 0. The number of allylic oxidation sites excluding steroid dienone is 2. The van der Waals surface area contributed by atoms with Gasteiger partial charge in [0.25, 0.3) is 0 Å². The molecule has 0 spiro atoms. The molecular weight excluding hydrogens is 178 g/mol. The van der Waals surface area contributed by atoms with Crippen LogP contribution < -0.4 is 0 Å². The van der Waals surface area contributed by atoms with Crippen LogP contribution in [0.4, 0.5) is 0 Å². The fraction of sp³-hybridized carbons (Fsp3) is 0. The normalized spacial score (nSPS) is 3.71. The van der Waals surface area contributed by atoms with E-state index >= 15 is 0 Å². The standard InChI is InChI=1S/2C3H5.Pd/c2*1-3-2;/h2*3H,1-2H2;. The summed E-state index contributed by atoms with van der Waals surface area (Å²) in [6, 6.07) is 0. The minimum absolute atomic E-state index is 0. The minimum Gasteiger partial charge on any atom is -0.103 e. The summed E-state index contributed by atoms with van der Waals surface area (Å²) in [5.74, 6) is 0. The third-order valence-corrected chi connectivity index (χ3v) is 0. The molecule has 0 nitrogen and oxygen atoms in total. The molecule has 0 aliphatic carbocycles. The van der Waals surface area contributed by atoms with Crippen LogP contribution in [-0.2, 0) is 20.4 Å². The van der Waals surface area contributed by atoms with E-state index < -0.39 is 0 Å². The first-order chi connectivity index (χ1) is 2.83. The van der Waals surface area contributed by atoms with Gasteiger partial charge in [0, 0.05) is 20.4 Å². The Morgan fingerprint density at radius 1 is 0.857 bits per heavy atom. The van der Waals surface area contributed by atoms with E-state index in [0.717, 1.165) is 0 Å². The number of hydrogen-bond acceptors (Lipinski definition) is 0. The Balaban J connectivity index is -0.0000000400. The molecule has 0 aromatic heterocycles. The molecule has 0 saturated heterocycles. The second kappa shape index (κ2) is 35.4. The van der Waals surface area contributed by atoms with E-state index in [9.17, 15) is 0 Å². The van der Waals surface area contributed by atoms with Crippen molar-refractivity contribution in [1.29, 1.82) is 0 Å². The van der Waals surface area contributed by atoms with Crippen molar-refractivity contribution in [1.82, 2.24) is 0 Å². The second-order valence-electron chi connectivity index (χ2n) is 0.577. The summed E-state index contributed by atoms with van der Waals surface area (Å²) in [7, 11) is 0. The fourth-order valence-corrected chi connectivity index (χ4v) is 0. The molecule has 44 valence electrons. The van der Waals surface area contributed by atoms with Crippen molar-refractivity contribution in [3.05, 3.63) is 39.2 Å². The van der Waals surface area contributed by atoms with Crippen LogP contribution in [0.5, 0.6) is 0 Å². The van der Waals surface area contributed by atoms with E-state index in [-0.39, 0.29) is 20.4 Å². The van der Waals surface area contributed by atoms with E-state index in [1.165, 1.54) is 12.2 Å². The van der Waals surface area contributed by atoms with Gasteiger partial charge < -0.3 is 0 Å². The van der Waals surface area contributed by atoms with E-state index in [1.54, 1.807) is 0 Å². The summed E-state index contributed by atoms with van der Waals surface area (Å²) in [6.07, 6.45) is 3.00. The molecule has 0 bridgehead atoms. The van der Waals surface area contributed by atoms with Crippen LogP contribution in [0.1, 0.15) is 0 Å². The maximum absolute atomic E-state index is 3.25. The Bertz CT molecular complexity index is 25.2. The van der Waals surface area contributed by atoms with Gasteiger partial charge in [-0.15, -0.1) is 13.2 Å². The van der Waals surface area contributed by atoms with Gasteiger partial charge in [0.2, 0.25) is 0 Å². The molecule has 0 aromatic carbocycles. The van der Waals surface area contributed by atoms with E-state index in [1.807, 2.05) is 0 Å². The van der Waals surface area contributed by atoms with Crippen LogP contribution >= 0.6 is 0 Å². The van der Waals surface area contributed by atoms with Crippen LogP contribution in [0.3, 0.4) is 0 Å². The second-order valence-corrected chi connectivity index (χ2v) is 0.577. The van der Waals surface area contributed by atoms with Gasteiger partial charge in [0.05, 0.1) is 0 Å². The largest absolute Gasteiger partial charge is 0.103 e. The molecule has 7 heavy (non-hydrogen) atoms. The van der Waals surface area contributed by atoms with Crippen molar-refractivity contribution in [2.75, 3.05) is 0 Å². The Hall–Kier alpha value is 0.142. The van der Waals surface area contributed by atoms with Crippen molar-refractivity contribution < 1.29 is 20.4 Å². The Labute approximate surface area is 60.0 Å². The zero-order chi connectivity index (χ0) is 5.41. The Kier molecular flexibility index (Phi) is 79.4. The molecule has 0 fully saturated rings. The third kappa shape index (κ3) is 5200. The van der Waals surface area contributed by atoms with Crippen molar-refractivity contribution in [3.63, 3.8) is 0 Å². The molecule has 1 heteroatoms. The maximum atomic E-state index is 3.25. The SMILES string of the molecule is [CH2]C=C.[CH2]C=C.[Pd]. The van der Waals surface area contributed by atoms with Crippen molar-refractivity contribution in [3.8, 4) is 0 Å². The van der Waals surface area contributed by atoms with Gasteiger partial charge in [-0.2, -0.15) is 0 Å². The Morgan fingerprint density at radius 3 is 0.857 bits per heavy atom. The van der Waals surface area contributed by atoms with Crippen molar-refractivity contribution in [2.45, 2.75) is 0 Å². The summed E-state index contributed by atoms with van der Waals surface area (Å²) in [4.78, 5) is 0. The van der Waals surface area contributed by atoms with Crippen molar-refractivity contribution in [2.24, 2.45) is 0 Å². The minimum atomic E-state index is 0. The van der Waals surface area contributed by atoms with Crippen LogP contribution in [0, 0.1) is 13.8 Å². The zero-order valence-electron chi connectivity index (χ0n) is 4.30. The van der Waals surface area contributed by atoms with Crippen LogP contribution in [-0.4, -0.2) is 0 Å². The van der Waals surface area contributed by atoms with E-state index in [2.05, 4.69) is 27.0 Å². The molecule has 0 aliphatic rings. The molecule has 0 aliphatic heterocycles. The first kappa shape index (κ1) is 15.7. The average Bonchev–Trinajstić information content (AvgIpc) is 1.39. The van der Waals surface area contributed by atoms with Gasteiger partial charge in [-0.3, -0.25) is 0 Å². The van der Waals surface area contributed by atoms with Gasteiger partial charge in [0.15, 0.2) is 0 Å². The molecule has 0 heterocycles. The third-order valence-electron chi connectivity index (χ3n) is 0. The smallest absolute Gasteiger partial charge is 0 e. The monoisotopic (exact) mass is 188 g/mol. The molecule has 0 amide bonds. The zero-order valence-corrected chi connectivity index (χ0v) is 5.85. The molecular formula is C6H10Pd. The van der Waals surface area contributed by atoms with Gasteiger partial charge >= 0.3 is 0 Å². The quantitative estimate of drug-likeness (QED) is 0.510. The summed E-state index contributed by atoms with van der Waals surface area (Å²) in [6.45, 7) is 13.0. The predicted octanol–water partition coefficient (Wildman–Crippen LogP) is 2.01. The fourth-order valence-electron chi connectivity index (χ4n) is 0. The first-order valence-corrected chi connectivity index (χ1v) is 1.63. The van der Waals surface area contributed by atoms with Crippen LogP contribution in [0.2, 0.25) is 0 Å². The summed E-state index contributed by atoms with van der Waals surface area (Å²) in [5.41, 5.74) is 0. The molecule has 0 aromatic rings. The molecule has 0 N–H and O–H groups in total. The molecule has 2 radical (unpaired) electrons. The first-order valence-electron chi connectivity index (χ1n) is 1.63. The molecule has 0 rings (SSSR count). The molecule has 0 saturated carbocycles. The van der Waals surface area contributed by atoms with Gasteiger partial charge in [-0.1, -0.05) is 12.2 Å². The number of hydrogen-bond donors (Lipinski definition) is 0. The summed E-state index contributed by atoms with van der Waals surface area (Å²) in [5, 5.41) is 0. The molecule has 0 unspecified atom stereocenters. The Morgan fingerprint density at radius 2 is 0.857 bits per heavy atom. The van der Waals surface area contributed by atoms with Gasteiger partial charge in [-0.05, 0) is 13.8 Å². The summed E-state index contributed by atoms with van der Waals surface area (Å²) < 4.78 is 0.